The number of ether oxygens (including phenoxy) is 1. The highest BCUT2D eigenvalue weighted by Crippen LogP contribution is 2.21. The van der Waals surface area contributed by atoms with E-state index in [4.69, 9.17) is 10.5 Å². The van der Waals surface area contributed by atoms with Gasteiger partial charge in [-0.3, -0.25) is 4.79 Å². The second kappa shape index (κ2) is 9.03. The van der Waals surface area contributed by atoms with Gasteiger partial charge in [-0.05, 0) is 30.7 Å². The van der Waals surface area contributed by atoms with E-state index in [1.807, 2.05) is 11.0 Å². The van der Waals surface area contributed by atoms with Gasteiger partial charge in [-0.2, -0.15) is 0 Å². The Kier molecular flexibility index (Phi) is 7.72. The van der Waals surface area contributed by atoms with Crippen molar-refractivity contribution in [3.05, 3.63) is 35.9 Å². The molecule has 1 fully saturated rings. The molecule has 0 spiro atoms. The topological polar surface area (TPSA) is 55.6 Å². The van der Waals surface area contributed by atoms with E-state index in [0.717, 1.165) is 25.9 Å². The Morgan fingerprint density at radius 1 is 1.43 bits per heavy atom. The number of piperidine rings is 1. The number of carbonyl (C=O) groups excluding carboxylic acids is 1. The van der Waals surface area contributed by atoms with Crippen LogP contribution in [0.4, 0.5) is 0 Å². The molecule has 0 aromatic heterocycles. The molecule has 0 bridgehead atoms. The highest BCUT2D eigenvalue weighted by molar-refractivity contribution is 5.85. The fourth-order valence-electron chi connectivity index (χ4n) is 2.86. The minimum absolute atomic E-state index is 0. The first kappa shape index (κ1) is 18.0. The molecule has 1 saturated heterocycles. The maximum Gasteiger partial charge on any atom is 0.241 e. The highest BCUT2D eigenvalue weighted by Gasteiger charge is 2.27. The standard InChI is InChI=1S/C16H24N2O2.ClH/c1-20-12-15(17)16(19)18-9-5-8-14(11-18)10-13-6-3-2-4-7-13;/h2-4,6-7,14-15H,5,8-12,17H2,1H3;1H. The molecule has 21 heavy (non-hydrogen) atoms. The van der Waals surface area contributed by atoms with E-state index >= 15 is 0 Å². The lowest BCUT2D eigenvalue weighted by Crippen LogP contribution is -2.49. The molecule has 1 aromatic rings. The molecule has 2 rings (SSSR count). The SMILES string of the molecule is COCC(N)C(=O)N1CCCC(Cc2ccccc2)C1.Cl. The van der Waals surface area contributed by atoms with E-state index in [2.05, 4.69) is 24.3 Å². The van der Waals surface area contributed by atoms with E-state index in [1.54, 1.807) is 7.11 Å². The fraction of sp³-hybridized carbons (Fsp3) is 0.562. The van der Waals surface area contributed by atoms with Crippen LogP contribution in [0.5, 0.6) is 0 Å². The minimum atomic E-state index is -0.532. The van der Waals surface area contributed by atoms with Gasteiger partial charge < -0.3 is 15.4 Å². The van der Waals surface area contributed by atoms with Crippen molar-refractivity contribution >= 4 is 18.3 Å². The van der Waals surface area contributed by atoms with Gasteiger partial charge in [0, 0.05) is 20.2 Å². The molecule has 118 valence electrons. The van der Waals surface area contributed by atoms with Gasteiger partial charge in [0.15, 0.2) is 0 Å². The lowest BCUT2D eigenvalue weighted by molar-refractivity contribution is -0.135. The predicted octanol–water partition coefficient (Wildman–Crippen LogP) is 1.86. The molecule has 0 aliphatic carbocycles. The molecule has 1 aliphatic rings. The summed E-state index contributed by atoms with van der Waals surface area (Å²) in [7, 11) is 1.57. The largest absolute Gasteiger partial charge is 0.383 e. The third-order valence-electron chi connectivity index (χ3n) is 3.86. The van der Waals surface area contributed by atoms with Crippen molar-refractivity contribution in [1.82, 2.24) is 4.90 Å². The average molecular weight is 313 g/mol. The lowest BCUT2D eigenvalue weighted by Gasteiger charge is -2.34. The summed E-state index contributed by atoms with van der Waals surface area (Å²) in [6, 6.07) is 9.93. The summed E-state index contributed by atoms with van der Waals surface area (Å²) in [5.74, 6) is 0.550. The summed E-state index contributed by atoms with van der Waals surface area (Å²) in [6.45, 7) is 1.92. The zero-order valence-corrected chi connectivity index (χ0v) is 13.3. The number of methoxy groups -OCH3 is 1. The maximum atomic E-state index is 12.2. The second-order valence-corrected chi connectivity index (χ2v) is 5.54. The third kappa shape index (κ3) is 5.30. The quantitative estimate of drug-likeness (QED) is 0.903. The van der Waals surface area contributed by atoms with E-state index < -0.39 is 6.04 Å². The Hall–Kier alpha value is -1.10. The molecule has 2 atom stereocenters. The normalized spacial score (nSPS) is 19.7. The summed E-state index contributed by atoms with van der Waals surface area (Å²) in [5.41, 5.74) is 7.18. The van der Waals surface area contributed by atoms with Gasteiger partial charge in [0.1, 0.15) is 6.04 Å². The van der Waals surface area contributed by atoms with Crippen LogP contribution in [0.1, 0.15) is 18.4 Å². The Bertz CT molecular complexity index is 428. The van der Waals surface area contributed by atoms with Gasteiger partial charge >= 0.3 is 0 Å². The van der Waals surface area contributed by atoms with Crippen LogP contribution in [0, 0.1) is 5.92 Å². The highest BCUT2D eigenvalue weighted by atomic mass is 35.5. The number of rotatable bonds is 5. The molecular weight excluding hydrogens is 288 g/mol. The Balaban J connectivity index is 0.00000220. The van der Waals surface area contributed by atoms with Gasteiger partial charge in [0.2, 0.25) is 5.91 Å². The lowest BCUT2D eigenvalue weighted by atomic mass is 9.91. The molecule has 2 unspecified atom stereocenters. The minimum Gasteiger partial charge on any atom is -0.383 e. The summed E-state index contributed by atoms with van der Waals surface area (Å²) >= 11 is 0. The summed E-state index contributed by atoms with van der Waals surface area (Å²) in [4.78, 5) is 14.1. The van der Waals surface area contributed by atoms with Crippen molar-refractivity contribution in [3.8, 4) is 0 Å². The van der Waals surface area contributed by atoms with Crippen LogP contribution in [0.2, 0.25) is 0 Å². The molecule has 2 N–H and O–H groups in total. The Labute approximate surface area is 133 Å². The van der Waals surface area contributed by atoms with Crippen molar-refractivity contribution in [2.45, 2.75) is 25.3 Å². The molecule has 0 radical (unpaired) electrons. The number of nitrogens with two attached hydrogens (primary N) is 1. The monoisotopic (exact) mass is 312 g/mol. The van der Waals surface area contributed by atoms with Crippen molar-refractivity contribution in [2.75, 3.05) is 26.8 Å². The number of hydrogen-bond donors (Lipinski definition) is 1. The van der Waals surface area contributed by atoms with Crippen LogP contribution in [-0.4, -0.2) is 43.7 Å². The number of benzene rings is 1. The molecule has 1 aliphatic heterocycles. The van der Waals surface area contributed by atoms with E-state index in [0.29, 0.717) is 12.5 Å². The predicted molar refractivity (Wildman–Crippen MR) is 86.5 cm³/mol. The van der Waals surface area contributed by atoms with Crippen molar-refractivity contribution < 1.29 is 9.53 Å². The summed E-state index contributed by atoms with van der Waals surface area (Å²) < 4.78 is 4.97. The number of nitrogens with zero attached hydrogens (tertiary/aromatic N) is 1. The summed E-state index contributed by atoms with van der Waals surface area (Å²) in [6.07, 6.45) is 3.27. The van der Waals surface area contributed by atoms with Crippen LogP contribution in [-0.2, 0) is 16.0 Å². The zero-order valence-electron chi connectivity index (χ0n) is 12.5. The van der Waals surface area contributed by atoms with Crippen molar-refractivity contribution in [3.63, 3.8) is 0 Å². The molecule has 1 heterocycles. The van der Waals surface area contributed by atoms with Crippen LogP contribution >= 0.6 is 12.4 Å². The molecule has 0 saturated carbocycles. The van der Waals surface area contributed by atoms with Gasteiger partial charge in [0.05, 0.1) is 6.61 Å². The Morgan fingerprint density at radius 2 is 2.14 bits per heavy atom. The average Bonchev–Trinajstić information content (AvgIpc) is 2.48. The third-order valence-corrected chi connectivity index (χ3v) is 3.86. The van der Waals surface area contributed by atoms with Crippen molar-refractivity contribution in [1.29, 1.82) is 0 Å². The molecular formula is C16H25ClN2O2. The molecule has 4 nitrogen and oxygen atoms in total. The van der Waals surface area contributed by atoms with Gasteiger partial charge in [-0.1, -0.05) is 30.3 Å². The number of likely N-dealkylation sites (tertiary alicyclic amines) is 1. The van der Waals surface area contributed by atoms with Gasteiger partial charge in [-0.15, -0.1) is 12.4 Å². The maximum absolute atomic E-state index is 12.2. The van der Waals surface area contributed by atoms with Crippen LogP contribution in [0.25, 0.3) is 0 Å². The van der Waals surface area contributed by atoms with Crippen molar-refractivity contribution in [2.24, 2.45) is 11.7 Å². The first-order valence-corrected chi connectivity index (χ1v) is 7.28. The van der Waals surface area contributed by atoms with Crippen LogP contribution in [0.3, 0.4) is 0 Å². The smallest absolute Gasteiger partial charge is 0.241 e. The first-order chi connectivity index (χ1) is 9.70. The summed E-state index contributed by atoms with van der Waals surface area (Å²) in [5, 5.41) is 0. The first-order valence-electron chi connectivity index (χ1n) is 7.28. The number of carbonyl (C=O) groups is 1. The molecule has 1 amide bonds. The van der Waals surface area contributed by atoms with Gasteiger partial charge in [0.25, 0.3) is 0 Å². The number of hydrogen-bond acceptors (Lipinski definition) is 3. The van der Waals surface area contributed by atoms with E-state index in [1.165, 1.54) is 12.0 Å². The second-order valence-electron chi connectivity index (χ2n) is 5.54. The van der Waals surface area contributed by atoms with Crippen LogP contribution in [0.15, 0.2) is 30.3 Å². The van der Waals surface area contributed by atoms with E-state index in [-0.39, 0.29) is 18.3 Å². The number of amides is 1. The van der Waals surface area contributed by atoms with E-state index in [9.17, 15) is 4.79 Å². The molecule has 1 aromatic carbocycles. The fourth-order valence-corrected chi connectivity index (χ4v) is 2.86. The Morgan fingerprint density at radius 3 is 2.81 bits per heavy atom. The van der Waals surface area contributed by atoms with Crippen LogP contribution < -0.4 is 5.73 Å². The number of halogens is 1. The molecule has 5 heteroatoms. The zero-order chi connectivity index (χ0) is 14.4. The van der Waals surface area contributed by atoms with Gasteiger partial charge in [-0.25, -0.2) is 0 Å².